The maximum Gasteiger partial charge on any atom is 0.306 e. The van der Waals surface area contributed by atoms with Crippen LogP contribution in [0.25, 0.3) is 11.0 Å². The van der Waals surface area contributed by atoms with Crippen LogP contribution in [0.4, 0.5) is 0 Å². The largest absolute Gasteiger partial charge is 0.481 e. The standard InChI is InChI=1S/C13H15N3O2/c17-13(18)9-2-3-14-11(6-9)10-5-8-1-4-15-12(8)16-7-10/h1,4-5,7,9,11,14H,2-3,6H2,(H,15,16)(H,17,18). The van der Waals surface area contributed by atoms with Gasteiger partial charge >= 0.3 is 5.97 Å². The molecular formula is C13H15N3O2. The number of carbonyl (C=O) groups is 1. The fourth-order valence-corrected chi connectivity index (χ4v) is 2.54. The molecule has 18 heavy (non-hydrogen) atoms. The third-order valence-corrected chi connectivity index (χ3v) is 3.58. The summed E-state index contributed by atoms with van der Waals surface area (Å²) in [5.74, 6) is -0.949. The molecule has 0 saturated carbocycles. The van der Waals surface area contributed by atoms with E-state index < -0.39 is 5.97 Å². The molecule has 2 aromatic heterocycles. The number of hydrogen-bond donors (Lipinski definition) is 3. The fraction of sp³-hybridized carbons (Fsp3) is 0.385. The van der Waals surface area contributed by atoms with Crippen LogP contribution in [-0.4, -0.2) is 27.6 Å². The first-order valence-electron chi connectivity index (χ1n) is 6.13. The van der Waals surface area contributed by atoms with Crippen molar-refractivity contribution in [3.05, 3.63) is 30.1 Å². The van der Waals surface area contributed by atoms with Crippen LogP contribution in [0.15, 0.2) is 24.5 Å². The van der Waals surface area contributed by atoms with Crippen LogP contribution in [0.1, 0.15) is 24.4 Å². The van der Waals surface area contributed by atoms with Crippen molar-refractivity contribution in [3.63, 3.8) is 0 Å². The smallest absolute Gasteiger partial charge is 0.306 e. The minimum absolute atomic E-state index is 0.0895. The predicted molar refractivity (Wildman–Crippen MR) is 67.2 cm³/mol. The number of rotatable bonds is 2. The molecule has 1 saturated heterocycles. The molecule has 3 heterocycles. The molecule has 2 aromatic rings. The van der Waals surface area contributed by atoms with E-state index in [-0.39, 0.29) is 12.0 Å². The SMILES string of the molecule is O=C(O)C1CCNC(c2cnc3[nH]ccc3c2)C1. The third-order valence-electron chi connectivity index (χ3n) is 3.58. The monoisotopic (exact) mass is 245 g/mol. The summed E-state index contributed by atoms with van der Waals surface area (Å²) in [6.07, 6.45) is 5.01. The van der Waals surface area contributed by atoms with E-state index in [0.717, 1.165) is 23.1 Å². The second-order valence-corrected chi connectivity index (χ2v) is 4.75. The van der Waals surface area contributed by atoms with Gasteiger partial charge in [0.2, 0.25) is 0 Å². The molecular weight excluding hydrogens is 230 g/mol. The predicted octanol–water partition coefficient (Wildman–Crippen LogP) is 1.69. The molecule has 1 aliphatic rings. The summed E-state index contributed by atoms with van der Waals surface area (Å²) in [5, 5.41) is 13.5. The maximum absolute atomic E-state index is 11.1. The summed E-state index contributed by atoms with van der Waals surface area (Å²) in [6, 6.07) is 4.14. The van der Waals surface area contributed by atoms with E-state index in [0.29, 0.717) is 12.8 Å². The van der Waals surface area contributed by atoms with Crippen LogP contribution < -0.4 is 5.32 Å². The summed E-state index contributed by atoms with van der Waals surface area (Å²) in [4.78, 5) is 18.4. The van der Waals surface area contributed by atoms with Crippen molar-refractivity contribution in [2.24, 2.45) is 5.92 Å². The number of pyridine rings is 1. The number of carboxylic acid groups (broad SMARTS) is 1. The first-order chi connectivity index (χ1) is 8.74. The van der Waals surface area contributed by atoms with Gasteiger partial charge in [0, 0.05) is 23.8 Å². The molecule has 3 rings (SSSR count). The highest BCUT2D eigenvalue weighted by Crippen LogP contribution is 2.28. The van der Waals surface area contributed by atoms with Crippen LogP contribution >= 0.6 is 0 Å². The Bertz CT molecular complexity index is 578. The van der Waals surface area contributed by atoms with Crippen molar-refractivity contribution in [3.8, 4) is 0 Å². The first kappa shape index (κ1) is 11.2. The molecule has 0 bridgehead atoms. The molecule has 1 aliphatic heterocycles. The third kappa shape index (κ3) is 1.97. The molecule has 5 heteroatoms. The Kier molecular flexibility index (Phi) is 2.76. The Balaban J connectivity index is 1.86. The van der Waals surface area contributed by atoms with Crippen molar-refractivity contribution < 1.29 is 9.90 Å². The van der Waals surface area contributed by atoms with Crippen molar-refractivity contribution in [2.45, 2.75) is 18.9 Å². The van der Waals surface area contributed by atoms with E-state index in [1.807, 2.05) is 18.5 Å². The van der Waals surface area contributed by atoms with Gasteiger partial charge in [0.05, 0.1) is 5.92 Å². The first-order valence-corrected chi connectivity index (χ1v) is 6.13. The van der Waals surface area contributed by atoms with Gasteiger partial charge in [-0.15, -0.1) is 0 Å². The average Bonchev–Trinajstić information content (AvgIpc) is 2.86. The molecule has 94 valence electrons. The number of piperidine rings is 1. The van der Waals surface area contributed by atoms with Crippen molar-refractivity contribution in [1.29, 1.82) is 0 Å². The molecule has 0 aliphatic carbocycles. The lowest BCUT2D eigenvalue weighted by atomic mass is 9.89. The van der Waals surface area contributed by atoms with E-state index >= 15 is 0 Å². The molecule has 0 aromatic carbocycles. The number of fused-ring (bicyclic) bond motifs is 1. The van der Waals surface area contributed by atoms with Crippen LogP contribution in [0, 0.1) is 5.92 Å². The lowest BCUT2D eigenvalue weighted by Gasteiger charge is -2.28. The summed E-state index contributed by atoms with van der Waals surface area (Å²) in [6.45, 7) is 0.743. The minimum Gasteiger partial charge on any atom is -0.481 e. The van der Waals surface area contributed by atoms with Gasteiger partial charge in [0.1, 0.15) is 5.65 Å². The van der Waals surface area contributed by atoms with Gasteiger partial charge in [-0.3, -0.25) is 4.79 Å². The molecule has 2 unspecified atom stereocenters. The number of H-pyrrole nitrogens is 1. The molecule has 1 fully saturated rings. The topological polar surface area (TPSA) is 78.0 Å². The van der Waals surface area contributed by atoms with E-state index in [4.69, 9.17) is 5.11 Å². The van der Waals surface area contributed by atoms with E-state index in [1.54, 1.807) is 0 Å². The number of hydrogen-bond acceptors (Lipinski definition) is 3. The van der Waals surface area contributed by atoms with Crippen molar-refractivity contribution in [1.82, 2.24) is 15.3 Å². The number of carboxylic acids is 1. The van der Waals surface area contributed by atoms with E-state index in [2.05, 4.69) is 21.4 Å². The Morgan fingerprint density at radius 2 is 2.39 bits per heavy atom. The van der Waals surface area contributed by atoms with Crippen molar-refractivity contribution >= 4 is 17.0 Å². The number of nitrogens with one attached hydrogen (secondary N) is 2. The molecule has 2 atom stereocenters. The molecule has 3 N–H and O–H groups in total. The van der Waals surface area contributed by atoms with Crippen LogP contribution in [0.3, 0.4) is 0 Å². The Hall–Kier alpha value is -1.88. The molecule has 0 amide bonds. The van der Waals surface area contributed by atoms with E-state index in [9.17, 15) is 4.79 Å². The second kappa shape index (κ2) is 4.42. The lowest BCUT2D eigenvalue weighted by molar-refractivity contribution is -0.143. The normalized spacial score (nSPS) is 24.2. The molecule has 0 radical (unpaired) electrons. The highest BCUT2D eigenvalue weighted by molar-refractivity contribution is 5.76. The highest BCUT2D eigenvalue weighted by Gasteiger charge is 2.27. The maximum atomic E-state index is 11.1. The van der Waals surface area contributed by atoms with Gasteiger partial charge in [0.15, 0.2) is 0 Å². The second-order valence-electron chi connectivity index (χ2n) is 4.75. The van der Waals surface area contributed by atoms with Crippen molar-refractivity contribution in [2.75, 3.05) is 6.54 Å². The fourth-order valence-electron chi connectivity index (χ4n) is 2.54. The van der Waals surface area contributed by atoms with Gasteiger partial charge in [-0.1, -0.05) is 0 Å². The van der Waals surface area contributed by atoms with Gasteiger partial charge in [0.25, 0.3) is 0 Å². The average molecular weight is 245 g/mol. The van der Waals surface area contributed by atoms with Gasteiger partial charge in [-0.05, 0) is 37.1 Å². The summed E-state index contributed by atoms with van der Waals surface area (Å²) in [5.41, 5.74) is 1.93. The zero-order valence-corrected chi connectivity index (χ0v) is 9.89. The molecule has 5 nitrogen and oxygen atoms in total. The Morgan fingerprint density at radius 1 is 1.50 bits per heavy atom. The Labute approximate surface area is 104 Å². The number of aromatic amines is 1. The summed E-state index contributed by atoms with van der Waals surface area (Å²) >= 11 is 0. The zero-order valence-electron chi connectivity index (χ0n) is 9.89. The number of nitrogens with zero attached hydrogens (tertiary/aromatic N) is 1. The summed E-state index contributed by atoms with van der Waals surface area (Å²) in [7, 11) is 0. The van der Waals surface area contributed by atoms with Gasteiger partial charge in [-0.25, -0.2) is 4.98 Å². The highest BCUT2D eigenvalue weighted by atomic mass is 16.4. The summed E-state index contributed by atoms with van der Waals surface area (Å²) < 4.78 is 0. The number of aliphatic carboxylic acids is 1. The molecule has 0 spiro atoms. The quantitative estimate of drug-likeness (QED) is 0.752. The Morgan fingerprint density at radius 3 is 3.22 bits per heavy atom. The van der Waals surface area contributed by atoms with Gasteiger partial charge < -0.3 is 15.4 Å². The van der Waals surface area contributed by atoms with E-state index in [1.165, 1.54) is 0 Å². The zero-order chi connectivity index (χ0) is 12.5. The number of aromatic nitrogens is 2. The van der Waals surface area contributed by atoms with Gasteiger partial charge in [-0.2, -0.15) is 0 Å². The van der Waals surface area contributed by atoms with Crippen LogP contribution in [0.5, 0.6) is 0 Å². The minimum atomic E-state index is -0.697. The van der Waals surface area contributed by atoms with Crippen LogP contribution in [0.2, 0.25) is 0 Å². The lowest BCUT2D eigenvalue weighted by Crippen LogP contribution is -2.34. The van der Waals surface area contributed by atoms with Crippen LogP contribution in [-0.2, 0) is 4.79 Å².